The van der Waals surface area contributed by atoms with Gasteiger partial charge in [0.1, 0.15) is 11.6 Å². The largest absolute Gasteiger partial charge is 0.497 e. The first-order valence-corrected chi connectivity index (χ1v) is 6.39. The lowest BCUT2D eigenvalue weighted by Gasteiger charge is -2.05. The summed E-state index contributed by atoms with van der Waals surface area (Å²) in [6.45, 7) is 2.08. The van der Waals surface area contributed by atoms with Gasteiger partial charge >= 0.3 is 0 Å². The number of nitrogens with zero attached hydrogens (tertiary/aromatic N) is 2. The first-order valence-electron chi connectivity index (χ1n) is 5.57. The number of aromatic nitrogens is 2. The number of hydrogen-bond acceptors (Lipinski definition) is 4. The fraction of sp³-hybridized carbons (Fsp3) is 0.154. The summed E-state index contributed by atoms with van der Waals surface area (Å²) in [6.07, 6.45) is 1.69. The maximum absolute atomic E-state index is 5.97. The topological polar surface area (TPSA) is 52.5 Å². The molecule has 0 amide bonds. The molecule has 0 radical (unpaired) electrons. The van der Waals surface area contributed by atoms with E-state index >= 15 is 0 Å². The van der Waals surface area contributed by atoms with Gasteiger partial charge in [-0.1, -0.05) is 0 Å². The van der Waals surface area contributed by atoms with Crippen molar-refractivity contribution < 1.29 is 4.74 Å². The molecule has 0 unspecified atom stereocenters. The van der Waals surface area contributed by atoms with E-state index in [0.29, 0.717) is 5.82 Å². The fourth-order valence-electron chi connectivity index (χ4n) is 2.07. The van der Waals surface area contributed by atoms with Gasteiger partial charge in [-0.3, -0.25) is 4.40 Å². The summed E-state index contributed by atoms with van der Waals surface area (Å²) in [5, 5.41) is 0. The van der Waals surface area contributed by atoms with Crippen LogP contribution in [0.4, 0.5) is 5.82 Å². The second-order valence-corrected chi connectivity index (χ2v) is 5.22. The number of aryl methyl sites for hydroxylation is 1. The lowest BCUT2D eigenvalue weighted by molar-refractivity contribution is 0.415. The van der Waals surface area contributed by atoms with E-state index in [4.69, 9.17) is 10.5 Å². The number of nitrogen functional groups attached to an aromatic ring is 1. The van der Waals surface area contributed by atoms with Crippen molar-refractivity contribution in [1.29, 1.82) is 0 Å². The van der Waals surface area contributed by atoms with Crippen LogP contribution in [0.25, 0.3) is 16.2 Å². The van der Waals surface area contributed by atoms with Crippen molar-refractivity contribution in [2.75, 3.05) is 12.8 Å². The third-order valence-corrected chi connectivity index (χ3v) is 3.89. The first-order chi connectivity index (χ1) is 8.70. The maximum Gasteiger partial charge on any atom is 0.196 e. The third kappa shape index (κ3) is 1.55. The van der Waals surface area contributed by atoms with Crippen LogP contribution in [-0.2, 0) is 0 Å². The van der Waals surface area contributed by atoms with Crippen LogP contribution in [0.5, 0.6) is 5.75 Å². The molecule has 4 nitrogen and oxygen atoms in total. The molecule has 0 atom stereocenters. The highest BCUT2D eigenvalue weighted by Crippen LogP contribution is 2.33. The molecule has 0 saturated heterocycles. The molecule has 5 heteroatoms. The summed E-state index contributed by atoms with van der Waals surface area (Å²) in [7, 11) is 1.66. The summed E-state index contributed by atoms with van der Waals surface area (Å²) >= 11 is 1.64. The molecule has 2 aromatic heterocycles. The van der Waals surface area contributed by atoms with E-state index in [-0.39, 0.29) is 0 Å². The van der Waals surface area contributed by atoms with Crippen LogP contribution in [0.2, 0.25) is 0 Å². The van der Waals surface area contributed by atoms with Crippen LogP contribution < -0.4 is 10.5 Å². The van der Waals surface area contributed by atoms with Crippen LogP contribution in [0, 0.1) is 6.92 Å². The van der Waals surface area contributed by atoms with Gasteiger partial charge in [-0.2, -0.15) is 0 Å². The van der Waals surface area contributed by atoms with Crippen LogP contribution in [0.1, 0.15) is 4.88 Å². The Morgan fingerprint density at radius 3 is 2.67 bits per heavy atom. The van der Waals surface area contributed by atoms with Gasteiger partial charge in [-0.05, 0) is 31.2 Å². The Labute approximate surface area is 109 Å². The summed E-state index contributed by atoms with van der Waals surface area (Å²) in [5.41, 5.74) is 8.19. The zero-order valence-electron chi connectivity index (χ0n) is 10.2. The lowest BCUT2D eigenvalue weighted by atomic mass is 10.1. The quantitative estimate of drug-likeness (QED) is 0.769. The summed E-state index contributed by atoms with van der Waals surface area (Å²) in [6, 6.07) is 7.97. The molecule has 0 spiro atoms. The first kappa shape index (κ1) is 11.1. The number of hydrogen-bond donors (Lipinski definition) is 1. The third-order valence-electron chi connectivity index (χ3n) is 2.92. The van der Waals surface area contributed by atoms with Crippen LogP contribution in [0.3, 0.4) is 0 Å². The Hall–Kier alpha value is -2.01. The van der Waals surface area contributed by atoms with Crippen molar-refractivity contribution in [1.82, 2.24) is 9.38 Å². The van der Waals surface area contributed by atoms with Crippen molar-refractivity contribution >= 4 is 22.1 Å². The van der Waals surface area contributed by atoms with Gasteiger partial charge in [0, 0.05) is 10.4 Å². The fourth-order valence-corrected chi connectivity index (χ4v) is 3.04. The smallest absolute Gasteiger partial charge is 0.196 e. The van der Waals surface area contributed by atoms with E-state index in [2.05, 4.69) is 11.9 Å². The Morgan fingerprint density at radius 1 is 1.28 bits per heavy atom. The van der Waals surface area contributed by atoms with E-state index in [1.807, 2.05) is 28.7 Å². The molecule has 0 bridgehead atoms. The van der Waals surface area contributed by atoms with Gasteiger partial charge in [0.05, 0.1) is 19.0 Å². The highest BCUT2D eigenvalue weighted by Gasteiger charge is 2.14. The predicted molar refractivity (Wildman–Crippen MR) is 74.2 cm³/mol. The van der Waals surface area contributed by atoms with Crippen molar-refractivity contribution in [3.8, 4) is 17.0 Å². The number of ether oxygens (including phenoxy) is 1. The summed E-state index contributed by atoms with van der Waals surface area (Å²) in [4.78, 5) is 6.42. The Bertz CT molecular complexity index is 697. The molecule has 2 heterocycles. The number of nitrogens with two attached hydrogens (primary N) is 1. The van der Waals surface area contributed by atoms with Crippen molar-refractivity contribution in [3.63, 3.8) is 0 Å². The Morgan fingerprint density at radius 2 is 2.00 bits per heavy atom. The zero-order chi connectivity index (χ0) is 12.7. The predicted octanol–water partition coefficient (Wildman–Crippen LogP) is 2.96. The zero-order valence-corrected chi connectivity index (χ0v) is 11.0. The van der Waals surface area contributed by atoms with Gasteiger partial charge in [0.2, 0.25) is 0 Å². The molecule has 0 fully saturated rings. The van der Waals surface area contributed by atoms with Gasteiger partial charge in [-0.15, -0.1) is 11.3 Å². The monoisotopic (exact) mass is 259 g/mol. The highest BCUT2D eigenvalue weighted by atomic mass is 32.1. The molecule has 2 N–H and O–H groups in total. The SMILES string of the molecule is COc1ccc(-c2c(C)sc3ncc(N)n23)cc1. The molecule has 3 rings (SSSR count). The molecule has 0 aliphatic rings. The Balaban J connectivity index is 2.23. The molecule has 92 valence electrons. The average Bonchev–Trinajstić information content (AvgIpc) is 2.89. The summed E-state index contributed by atoms with van der Waals surface area (Å²) < 4.78 is 7.16. The molecule has 3 aromatic rings. The standard InChI is InChI=1S/C13H13N3OS/c1-8-12(9-3-5-10(17-2)6-4-9)16-11(14)7-15-13(16)18-8/h3-7H,14H2,1-2H3. The number of methoxy groups -OCH3 is 1. The van der Waals surface area contributed by atoms with E-state index < -0.39 is 0 Å². The van der Waals surface area contributed by atoms with Crippen LogP contribution in [-0.4, -0.2) is 16.5 Å². The van der Waals surface area contributed by atoms with E-state index in [1.54, 1.807) is 24.6 Å². The molecular weight excluding hydrogens is 246 g/mol. The lowest BCUT2D eigenvalue weighted by Crippen LogP contribution is -1.94. The molecular formula is C13H13N3OS. The molecule has 0 saturated carbocycles. The second kappa shape index (κ2) is 4.03. The normalized spacial score (nSPS) is 11.0. The Kier molecular flexibility index (Phi) is 2.48. The van der Waals surface area contributed by atoms with Crippen molar-refractivity contribution in [2.45, 2.75) is 6.92 Å². The number of fused-ring (bicyclic) bond motifs is 1. The number of anilines is 1. The van der Waals surface area contributed by atoms with Crippen molar-refractivity contribution in [2.24, 2.45) is 0 Å². The van der Waals surface area contributed by atoms with Crippen LogP contribution >= 0.6 is 11.3 Å². The molecule has 0 aliphatic carbocycles. The molecule has 1 aromatic carbocycles. The number of rotatable bonds is 2. The van der Waals surface area contributed by atoms with Crippen molar-refractivity contribution in [3.05, 3.63) is 35.3 Å². The number of thiazole rings is 1. The van der Waals surface area contributed by atoms with Gasteiger partial charge < -0.3 is 10.5 Å². The number of imidazole rings is 1. The minimum absolute atomic E-state index is 0.667. The van der Waals surface area contributed by atoms with E-state index in [9.17, 15) is 0 Å². The summed E-state index contributed by atoms with van der Waals surface area (Å²) in [5.74, 6) is 1.52. The number of benzene rings is 1. The van der Waals surface area contributed by atoms with Gasteiger partial charge in [0.15, 0.2) is 4.96 Å². The molecule has 0 aliphatic heterocycles. The second-order valence-electron chi connectivity index (χ2n) is 4.04. The average molecular weight is 259 g/mol. The van der Waals surface area contributed by atoms with Crippen LogP contribution in [0.15, 0.2) is 30.5 Å². The maximum atomic E-state index is 5.97. The van der Waals surface area contributed by atoms with E-state index in [0.717, 1.165) is 22.0 Å². The highest BCUT2D eigenvalue weighted by molar-refractivity contribution is 7.17. The molecule has 18 heavy (non-hydrogen) atoms. The minimum Gasteiger partial charge on any atom is -0.497 e. The minimum atomic E-state index is 0.667. The van der Waals surface area contributed by atoms with E-state index in [1.165, 1.54) is 4.88 Å². The van der Waals surface area contributed by atoms with Gasteiger partial charge in [0.25, 0.3) is 0 Å². The van der Waals surface area contributed by atoms with Gasteiger partial charge in [-0.25, -0.2) is 4.98 Å².